The molecule has 0 aromatic heterocycles. The van der Waals surface area contributed by atoms with Crippen molar-refractivity contribution in [2.75, 3.05) is 12.4 Å². The molecule has 0 unspecified atom stereocenters. The fourth-order valence-corrected chi connectivity index (χ4v) is 4.30. The van der Waals surface area contributed by atoms with Crippen LogP contribution in [-0.4, -0.2) is 35.6 Å². The van der Waals surface area contributed by atoms with Gasteiger partial charge in [-0.1, -0.05) is 45.9 Å². The van der Waals surface area contributed by atoms with Crippen molar-refractivity contribution in [1.29, 1.82) is 0 Å². The number of carbonyl (C=O) groups is 1. The van der Waals surface area contributed by atoms with E-state index in [4.69, 9.17) is 4.74 Å². The highest BCUT2D eigenvalue weighted by atomic mass is 19.4. The van der Waals surface area contributed by atoms with Gasteiger partial charge in [-0.3, -0.25) is 0 Å². The second-order valence-corrected chi connectivity index (χ2v) is 9.53. The van der Waals surface area contributed by atoms with Gasteiger partial charge in [0.15, 0.2) is 6.10 Å². The molecule has 2 amide bonds. The summed E-state index contributed by atoms with van der Waals surface area (Å²) in [5.74, 6) is -0.281. The number of rotatable bonds is 5. The molecule has 3 atom stereocenters. The molecule has 2 aromatic carbocycles. The lowest BCUT2D eigenvalue weighted by Crippen LogP contribution is -2.40. The number of benzene rings is 2. The maximum atomic E-state index is 13.3. The average Bonchev–Trinajstić information content (AvgIpc) is 3.06. The van der Waals surface area contributed by atoms with E-state index < -0.39 is 41.4 Å². The Morgan fingerprint density at radius 3 is 2.47 bits per heavy atom. The number of fused-ring (bicyclic) bond motifs is 1. The van der Waals surface area contributed by atoms with Crippen molar-refractivity contribution >= 4 is 11.7 Å². The Labute approximate surface area is 197 Å². The highest BCUT2D eigenvalue weighted by Gasteiger charge is 2.42. The number of amides is 2. The number of carbonyl (C=O) groups excluding carboxylic acids is 1. The zero-order valence-electron chi connectivity index (χ0n) is 19.9. The zero-order chi connectivity index (χ0) is 25.4. The molecule has 1 aliphatic carbocycles. The Balaban J connectivity index is 1.90. The first-order valence-corrected chi connectivity index (χ1v) is 11.1. The van der Waals surface area contributed by atoms with E-state index in [-0.39, 0.29) is 11.4 Å². The van der Waals surface area contributed by atoms with E-state index in [9.17, 15) is 28.2 Å². The van der Waals surface area contributed by atoms with Gasteiger partial charge in [0.2, 0.25) is 0 Å². The smallest absolute Gasteiger partial charge is 0.418 e. The van der Waals surface area contributed by atoms with Crippen LogP contribution in [0.3, 0.4) is 0 Å². The summed E-state index contributed by atoms with van der Waals surface area (Å²) in [6, 6.07) is 7.12. The van der Waals surface area contributed by atoms with E-state index in [2.05, 4.69) is 10.6 Å². The summed E-state index contributed by atoms with van der Waals surface area (Å²) >= 11 is 0. The van der Waals surface area contributed by atoms with Crippen LogP contribution in [0.15, 0.2) is 30.3 Å². The maximum Gasteiger partial charge on any atom is 0.418 e. The van der Waals surface area contributed by atoms with Crippen LogP contribution < -0.4 is 15.4 Å². The summed E-state index contributed by atoms with van der Waals surface area (Å²) in [6.07, 6.45) is -7.38. The predicted molar refractivity (Wildman–Crippen MR) is 123 cm³/mol. The minimum Gasteiger partial charge on any atom is -0.494 e. The molecule has 0 spiro atoms. The fraction of sp³-hybridized carbons (Fsp3) is 0.480. The molecule has 1 aliphatic rings. The SMILES string of the molecule is CCc1cccc2c1C[C@@H](NC(=O)Nc1cc(C(C)(C)C)cc([C@H](O)C(F)(F)F)c1OC)[C@H]2O. The minimum absolute atomic E-state index is 0.00928. The van der Waals surface area contributed by atoms with Crippen LogP contribution >= 0.6 is 0 Å². The standard InChI is InChI=1S/C25H31F3N2O4/c1-6-13-8-7-9-15-16(13)12-18(20(15)31)29-23(33)30-19-11-14(24(2,3)4)10-17(21(19)34-5)22(32)25(26,27)28/h7-11,18,20,22,31-32H,6,12H2,1-5H3,(H2,29,30,33)/t18-,20+,22+/m1/s1. The first-order valence-electron chi connectivity index (χ1n) is 11.1. The minimum atomic E-state index is -4.92. The Morgan fingerprint density at radius 2 is 1.91 bits per heavy atom. The normalized spacial score (nSPS) is 18.9. The van der Waals surface area contributed by atoms with Crippen molar-refractivity contribution in [3.8, 4) is 5.75 Å². The Hall–Kier alpha value is -2.78. The van der Waals surface area contributed by atoms with Crippen molar-refractivity contribution < 1.29 is 32.9 Å². The fourth-order valence-electron chi connectivity index (χ4n) is 4.30. The van der Waals surface area contributed by atoms with Crippen molar-refractivity contribution in [1.82, 2.24) is 5.32 Å². The average molecular weight is 481 g/mol. The van der Waals surface area contributed by atoms with E-state index in [1.165, 1.54) is 19.2 Å². The lowest BCUT2D eigenvalue weighted by Gasteiger charge is -2.26. The molecular formula is C25H31F3N2O4. The molecule has 6 nitrogen and oxygen atoms in total. The van der Waals surface area contributed by atoms with Crippen LogP contribution in [-0.2, 0) is 18.3 Å². The third kappa shape index (κ3) is 5.15. The molecule has 0 bridgehead atoms. The van der Waals surface area contributed by atoms with Crippen molar-refractivity contribution in [3.05, 3.63) is 58.1 Å². The summed E-state index contributed by atoms with van der Waals surface area (Å²) in [7, 11) is 1.17. The Kier molecular flexibility index (Phi) is 7.19. The van der Waals surface area contributed by atoms with Gasteiger partial charge in [-0.15, -0.1) is 0 Å². The van der Waals surface area contributed by atoms with Gasteiger partial charge in [-0.25, -0.2) is 4.79 Å². The molecule has 9 heteroatoms. The third-order valence-corrected chi connectivity index (χ3v) is 6.17. The zero-order valence-corrected chi connectivity index (χ0v) is 19.9. The number of anilines is 1. The quantitative estimate of drug-likeness (QED) is 0.489. The number of aliphatic hydroxyl groups excluding tert-OH is 2. The van der Waals surface area contributed by atoms with Crippen molar-refractivity contribution in [3.63, 3.8) is 0 Å². The van der Waals surface area contributed by atoms with Crippen LogP contribution in [0.2, 0.25) is 0 Å². The highest BCUT2D eigenvalue weighted by molar-refractivity contribution is 5.92. The van der Waals surface area contributed by atoms with Crippen LogP contribution in [0, 0.1) is 0 Å². The number of aliphatic hydroxyl groups is 2. The number of hydrogen-bond donors (Lipinski definition) is 4. The van der Waals surface area contributed by atoms with Crippen LogP contribution in [0.25, 0.3) is 0 Å². The Bertz CT molecular complexity index is 1060. The summed E-state index contributed by atoms with van der Waals surface area (Å²) in [6.45, 7) is 7.43. The molecule has 186 valence electrons. The lowest BCUT2D eigenvalue weighted by molar-refractivity contribution is -0.207. The molecule has 3 rings (SSSR count). The van der Waals surface area contributed by atoms with Crippen molar-refractivity contribution in [2.24, 2.45) is 0 Å². The number of urea groups is 1. The Morgan fingerprint density at radius 1 is 1.24 bits per heavy atom. The van der Waals surface area contributed by atoms with E-state index in [1.807, 2.05) is 25.1 Å². The first kappa shape index (κ1) is 25.8. The molecular weight excluding hydrogens is 449 g/mol. The van der Waals surface area contributed by atoms with Gasteiger partial charge in [0.05, 0.1) is 24.9 Å². The van der Waals surface area contributed by atoms with Gasteiger partial charge < -0.3 is 25.6 Å². The maximum absolute atomic E-state index is 13.3. The van der Waals surface area contributed by atoms with E-state index in [1.54, 1.807) is 20.8 Å². The first-order chi connectivity index (χ1) is 15.8. The van der Waals surface area contributed by atoms with Gasteiger partial charge in [-0.05, 0) is 52.6 Å². The molecule has 0 fully saturated rings. The summed E-state index contributed by atoms with van der Waals surface area (Å²) in [4.78, 5) is 12.9. The monoisotopic (exact) mass is 480 g/mol. The molecule has 34 heavy (non-hydrogen) atoms. The number of hydrogen-bond acceptors (Lipinski definition) is 4. The number of ether oxygens (including phenoxy) is 1. The molecule has 0 saturated carbocycles. The van der Waals surface area contributed by atoms with Crippen LogP contribution in [0.4, 0.5) is 23.7 Å². The van der Waals surface area contributed by atoms with Gasteiger partial charge in [0.25, 0.3) is 0 Å². The van der Waals surface area contributed by atoms with Gasteiger partial charge in [0, 0.05) is 5.56 Å². The van der Waals surface area contributed by atoms with Gasteiger partial charge in [0.1, 0.15) is 5.75 Å². The molecule has 0 saturated heterocycles. The largest absolute Gasteiger partial charge is 0.494 e. The van der Waals surface area contributed by atoms with Crippen LogP contribution in [0.1, 0.15) is 67.7 Å². The molecule has 2 aromatic rings. The van der Waals surface area contributed by atoms with E-state index in [0.717, 1.165) is 23.1 Å². The molecule has 0 aliphatic heterocycles. The molecule has 4 N–H and O–H groups in total. The van der Waals surface area contributed by atoms with Crippen molar-refractivity contribution in [2.45, 2.75) is 70.4 Å². The second-order valence-electron chi connectivity index (χ2n) is 9.53. The van der Waals surface area contributed by atoms with E-state index >= 15 is 0 Å². The van der Waals surface area contributed by atoms with Gasteiger partial charge in [-0.2, -0.15) is 13.2 Å². The highest BCUT2D eigenvalue weighted by Crippen LogP contribution is 2.43. The summed E-state index contributed by atoms with van der Waals surface area (Å²) in [5.41, 5.74) is 2.25. The summed E-state index contributed by atoms with van der Waals surface area (Å²) < 4.78 is 45.2. The number of alkyl halides is 3. The predicted octanol–water partition coefficient (Wildman–Crippen LogP) is 4.93. The lowest BCUT2D eigenvalue weighted by atomic mass is 9.84. The molecule has 0 heterocycles. The molecule has 0 radical (unpaired) electrons. The number of aryl methyl sites for hydroxylation is 1. The number of halogens is 3. The van der Waals surface area contributed by atoms with Crippen LogP contribution in [0.5, 0.6) is 5.75 Å². The number of methoxy groups -OCH3 is 1. The summed E-state index contributed by atoms with van der Waals surface area (Å²) in [5, 5.41) is 26.0. The topological polar surface area (TPSA) is 90.8 Å². The third-order valence-electron chi connectivity index (χ3n) is 6.17. The number of nitrogens with one attached hydrogen (secondary N) is 2. The van der Waals surface area contributed by atoms with Gasteiger partial charge >= 0.3 is 12.2 Å². The second kappa shape index (κ2) is 9.46. The van der Waals surface area contributed by atoms with E-state index in [0.29, 0.717) is 12.0 Å².